The minimum Gasteiger partial charge on any atom is -0.463 e. The molecule has 9 nitrogen and oxygen atoms in total. The van der Waals surface area contributed by atoms with Gasteiger partial charge in [-0.25, -0.2) is 4.57 Å². The van der Waals surface area contributed by atoms with Gasteiger partial charge in [0.05, 0.1) is 13.2 Å². The first-order valence-electron chi connectivity index (χ1n) is 19.5. The molecule has 0 rings (SSSR count). The van der Waals surface area contributed by atoms with Crippen molar-refractivity contribution >= 4 is 19.7 Å². The minimum atomic E-state index is -4.41. The number of nitrogens with one attached hydrogen (secondary N) is 1. The third-order valence-electron chi connectivity index (χ3n) is 8.04. The summed E-state index contributed by atoms with van der Waals surface area (Å²) in [6.07, 6.45) is 37.9. The molecule has 0 aliphatic rings. The molecule has 0 aromatic carbocycles. The highest BCUT2D eigenvalue weighted by Gasteiger charge is 2.23. The van der Waals surface area contributed by atoms with Crippen molar-refractivity contribution in [1.82, 2.24) is 5.32 Å². The molecule has 0 aliphatic carbocycles. The molecule has 2 unspecified atom stereocenters. The van der Waals surface area contributed by atoms with Crippen LogP contribution in [-0.2, 0) is 27.9 Å². The Morgan fingerprint density at radius 1 is 0.633 bits per heavy atom. The summed E-state index contributed by atoms with van der Waals surface area (Å²) in [5, 5.41) is 12.6. The molecule has 0 saturated heterocycles. The Morgan fingerprint density at radius 2 is 1.12 bits per heavy atom. The zero-order chi connectivity index (χ0) is 36.1. The summed E-state index contributed by atoms with van der Waals surface area (Å²) in [5.74, 6) is -0.536. The van der Waals surface area contributed by atoms with E-state index in [1.807, 2.05) is 0 Å². The molecule has 0 saturated carbocycles. The fraction of sp³-hybridized carbons (Fsp3) is 0.795. The van der Waals surface area contributed by atoms with Crippen LogP contribution >= 0.6 is 7.82 Å². The Labute approximate surface area is 299 Å². The number of aliphatic hydroxyl groups excluding tert-OH is 1. The van der Waals surface area contributed by atoms with Gasteiger partial charge >= 0.3 is 13.8 Å². The van der Waals surface area contributed by atoms with E-state index in [0.29, 0.717) is 6.42 Å². The van der Waals surface area contributed by atoms with E-state index in [0.717, 1.165) is 77.0 Å². The van der Waals surface area contributed by atoms with Gasteiger partial charge in [0, 0.05) is 19.4 Å². The van der Waals surface area contributed by atoms with Crippen molar-refractivity contribution in [2.24, 2.45) is 0 Å². The summed E-state index contributed by atoms with van der Waals surface area (Å²) in [5.41, 5.74) is 0. The van der Waals surface area contributed by atoms with Crippen molar-refractivity contribution in [2.45, 2.75) is 174 Å². The van der Waals surface area contributed by atoms with Gasteiger partial charge in [-0.05, 0) is 64.2 Å². The molecule has 1 amide bonds. The van der Waals surface area contributed by atoms with Gasteiger partial charge in [-0.15, -0.1) is 0 Å². The highest BCUT2D eigenvalue weighted by atomic mass is 31.2. The number of aliphatic hydroxyl groups is 1. The Morgan fingerprint density at radius 3 is 1.71 bits per heavy atom. The van der Waals surface area contributed by atoms with E-state index in [-0.39, 0.29) is 32.1 Å². The van der Waals surface area contributed by atoms with Crippen LogP contribution in [0.4, 0.5) is 0 Å². The molecule has 0 spiro atoms. The number of esters is 1. The smallest absolute Gasteiger partial charge is 0.463 e. The normalized spacial score (nSPS) is 13.8. The maximum Gasteiger partial charge on any atom is 0.472 e. The second-order valence-corrected chi connectivity index (χ2v) is 14.3. The van der Waals surface area contributed by atoms with Crippen LogP contribution in [0, 0.1) is 0 Å². The second kappa shape index (κ2) is 36.0. The number of rotatable bonds is 36. The van der Waals surface area contributed by atoms with Crippen LogP contribution in [0.3, 0.4) is 0 Å². The molecule has 0 bridgehead atoms. The number of phosphoric acid groups is 1. The van der Waals surface area contributed by atoms with Crippen LogP contribution in [0.5, 0.6) is 0 Å². The summed E-state index contributed by atoms with van der Waals surface area (Å²) in [6, 6.07) is 0. The van der Waals surface area contributed by atoms with Gasteiger partial charge in [0.2, 0.25) is 5.91 Å². The third-order valence-corrected chi connectivity index (χ3v) is 9.03. The lowest BCUT2D eigenvalue weighted by molar-refractivity contribution is -0.147. The lowest BCUT2D eigenvalue weighted by Gasteiger charge is -2.15. The van der Waals surface area contributed by atoms with E-state index in [9.17, 15) is 24.2 Å². The highest BCUT2D eigenvalue weighted by Crippen LogP contribution is 2.42. The molecule has 2 atom stereocenters. The van der Waals surface area contributed by atoms with Gasteiger partial charge in [0.1, 0.15) is 12.7 Å². The zero-order valence-corrected chi connectivity index (χ0v) is 32.0. The fourth-order valence-electron chi connectivity index (χ4n) is 5.04. The Bertz CT molecular complexity index is 907. The van der Waals surface area contributed by atoms with Crippen molar-refractivity contribution in [3.63, 3.8) is 0 Å². The average Bonchev–Trinajstić information content (AvgIpc) is 3.08. The first-order chi connectivity index (χ1) is 23.8. The molecule has 49 heavy (non-hydrogen) atoms. The van der Waals surface area contributed by atoms with Crippen molar-refractivity contribution in [3.8, 4) is 0 Å². The zero-order valence-electron chi connectivity index (χ0n) is 31.1. The van der Waals surface area contributed by atoms with Gasteiger partial charge in [-0.2, -0.15) is 0 Å². The predicted molar refractivity (Wildman–Crippen MR) is 201 cm³/mol. The minimum absolute atomic E-state index is 0.0761. The van der Waals surface area contributed by atoms with Crippen LogP contribution in [0.15, 0.2) is 36.5 Å². The number of allylic oxidation sites excluding steroid dienone is 6. The topological polar surface area (TPSA) is 131 Å². The maximum absolute atomic E-state index is 12.0. The van der Waals surface area contributed by atoms with Crippen LogP contribution in [0.2, 0.25) is 0 Å². The third kappa shape index (κ3) is 37.3. The van der Waals surface area contributed by atoms with E-state index >= 15 is 0 Å². The largest absolute Gasteiger partial charge is 0.472 e. The number of hydrogen-bond donors (Lipinski definition) is 3. The quantitative estimate of drug-likeness (QED) is 0.0253. The van der Waals surface area contributed by atoms with Gasteiger partial charge in [-0.3, -0.25) is 18.6 Å². The van der Waals surface area contributed by atoms with Crippen LogP contribution in [-0.4, -0.2) is 54.3 Å². The van der Waals surface area contributed by atoms with Crippen molar-refractivity contribution < 1.29 is 37.9 Å². The van der Waals surface area contributed by atoms with Crippen molar-refractivity contribution in [3.05, 3.63) is 36.5 Å². The van der Waals surface area contributed by atoms with E-state index in [2.05, 4.69) is 55.6 Å². The molecule has 0 aromatic heterocycles. The van der Waals surface area contributed by atoms with Gasteiger partial charge < -0.3 is 20.1 Å². The molecule has 0 aliphatic heterocycles. The van der Waals surface area contributed by atoms with Gasteiger partial charge in [-0.1, -0.05) is 127 Å². The molecule has 0 aromatic rings. The number of ether oxygens (including phenoxy) is 1. The van der Waals surface area contributed by atoms with Crippen molar-refractivity contribution in [2.75, 3.05) is 26.4 Å². The first-order valence-corrected chi connectivity index (χ1v) is 21.0. The Kier molecular flexibility index (Phi) is 34.7. The van der Waals surface area contributed by atoms with Crippen LogP contribution in [0.1, 0.15) is 168 Å². The molecule has 0 fully saturated rings. The predicted octanol–water partition coefficient (Wildman–Crippen LogP) is 10.2. The van der Waals surface area contributed by atoms with Gasteiger partial charge in [0.25, 0.3) is 0 Å². The molecule has 0 heterocycles. The summed E-state index contributed by atoms with van der Waals surface area (Å²) < 4.78 is 26.7. The lowest BCUT2D eigenvalue weighted by atomic mass is 10.1. The van der Waals surface area contributed by atoms with E-state index in [4.69, 9.17) is 13.8 Å². The van der Waals surface area contributed by atoms with E-state index < -0.39 is 26.5 Å². The number of carbonyl (C=O) groups is 2. The second-order valence-electron chi connectivity index (χ2n) is 12.9. The highest BCUT2D eigenvalue weighted by molar-refractivity contribution is 7.47. The standard InChI is InChI=1S/C39H72NO8P/c1-3-5-7-9-11-13-15-16-17-18-19-20-22-23-25-27-29-31-38(42)40-33-34-47-49(44,45)48-36-37(41)35-46-39(43)32-30-28-26-24-21-14-12-10-8-6-4-2/h10-13,16-17,37,41H,3-9,14-15,18-36H2,1-2H3,(H,40,42)(H,44,45)/b12-10-,13-11-,17-16-. The number of amides is 1. The Balaban J connectivity index is 3.63. The molecule has 286 valence electrons. The lowest BCUT2D eigenvalue weighted by Crippen LogP contribution is -2.27. The number of hydrogen-bond acceptors (Lipinski definition) is 7. The number of unbranched alkanes of at least 4 members (excludes halogenated alkanes) is 17. The summed E-state index contributed by atoms with van der Waals surface area (Å²) in [7, 11) is -4.41. The van der Waals surface area contributed by atoms with Crippen LogP contribution < -0.4 is 5.32 Å². The Hall–Kier alpha value is -1.77. The molecular weight excluding hydrogens is 641 g/mol. The van der Waals surface area contributed by atoms with Crippen LogP contribution in [0.25, 0.3) is 0 Å². The molecular formula is C39H72NO8P. The van der Waals surface area contributed by atoms with Crippen molar-refractivity contribution in [1.29, 1.82) is 0 Å². The molecule has 10 heteroatoms. The monoisotopic (exact) mass is 713 g/mol. The summed E-state index contributed by atoms with van der Waals surface area (Å²) >= 11 is 0. The first kappa shape index (κ1) is 47.2. The fourth-order valence-corrected chi connectivity index (χ4v) is 5.79. The van der Waals surface area contributed by atoms with E-state index in [1.165, 1.54) is 64.2 Å². The molecule has 0 radical (unpaired) electrons. The average molecular weight is 714 g/mol. The summed E-state index contributed by atoms with van der Waals surface area (Å²) in [6.45, 7) is 3.45. The number of carbonyl (C=O) groups excluding carboxylic acids is 2. The molecule has 3 N–H and O–H groups in total. The van der Waals surface area contributed by atoms with E-state index in [1.54, 1.807) is 0 Å². The maximum atomic E-state index is 12.0. The van der Waals surface area contributed by atoms with Gasteiger partial charge in [0.15, 0.2) is 0 Å². The number of phosphoric ester groups is 1. The SMILES string of the molecule is CCCC/C=C\CCCCCCCC(=O)OCC(O)COP(=O)(O)OCCNC(=O)CCCCCCCCC/C=C\C/C=C\CCCCC. The summed E-state index contributed by atoms with van der Waals surface area (Å²) in [4.78, 5) is 33.7.